The van der Waals surface area contributed by atoms with Crippen LogP contribution in [0.1, 0.15) is 58.9 Å². The summed E-state index contributed by atoms with van der Waals surface area (Å²) in [5.74, 6) is 0.159. The van der Waals surface area contributed by atoms with Crippen LogP contribution < -0.4 is 10.6 Å². The van der Waals surface area contributed by atoms with E-state index in [1.54, 1.807) is 12.3 Å². The van der Waals surface area contributed by atoms with Gasteiger partial charge >= 0.3 is 0 Å². The van der Waals surface area contributed by atoms with Crippen molar-refractivity contribution < 1.29 is 4.39 Å². The number of aromatic nitrogens is 1. The highest BCUT2D eigenvalue weighted by Gasteiger charge is 2.28. The van der Waals surface area contributed by atoms with Gasteiger partial charge in [-0.15, -0.1) is 0 Å². The van der Waals surface area contributed by atoms with Gasteiger partial charge in [0.1, 0.15) is 0 Å². The molecule has 21 heavy (non-hydrogen) atoms. The number of nitrogens with zero attached hydrogens (tertiary/aromatic N) is 1. The van der Waals surface area contributed by atoms with Crippen LogP contribution in [0.4, 0.5) is 10.2 Å². The van der Waals surface area contributed by atoms with Crippen LogP contribution in [0.5, 0.6) is 0 Å². The van der Waals surface area contributed by atoms with Gasteiger partial charge in [-0.25, -0.2) is 9.37 Å². The third-order valence-corrected chi connectivity index (χ3v) is 4.27. The fourth-order valence-corrected chi connectivity index (χ4v) is 2.81. The minimum absolute atomic E-state index is 0.0272. The predicted molar refractivity (Wildman–Crippen MR) is 85.9 cm³/mol. The van der Waals surface area contributed by atoms with Gasteiger partial charge < -0.3 is 10.6 Å². The lowest BCUT2D eigenvalue weighted by Crippen LogP contribution is -2.35. The molecule has 1 aromatic heterocycles. The number of hydrogen-bond donors (Lipinski definition) is 2. The van der Waals surface area contributed by atoms with Gasteiger partial charge in [-0.2, -0.15) is 0 Å². The van der Waals surface area contributed by atoms with E-state index in [1.165, 1.54) is 25.7 Å². The molecular formula is C17H28FN3. The molecule has 2 N–H and O–H groups in total. The van der Waals surface area contributed by atoms with Crippen molar-refractivity contribution in [2.45, 2.75) is 65.5 Å². The van der Waals surface area contributed by atoms with Gasteiger partial charge in [-0.05, 0) is 45.1 Å². The molecule has 3 nitrogen and oxygen atoms in total. The van der Waals surface area contributed by atoms with Gasteiger partial charge in [0.2, 0.25) is 0 Å². The van der Waals surface area contributed by atoms with E-state index in [1.807, 2.05) is 0 Å². The van der Waals surface area contributed by atoms with Crippen LogP contribution in [0.3, 0.4) is 0 Å². The van der Waals surface area contributed by atoms with Crippen molar-refractivity contribution >= 4 is 5.82 Å². The molecule has 118 valence electrons. The summed E-state index contributed by atoms with van der Waals surface area (Å²) in [7, 11) is 0. The lowest BCUT2D eigenvalue weighted by atomic mass is 9.89. The van der Waals surface area contributed by atoms with E-state index in [0.29, 0.717) is 17.9 Å². The summed E-state index contributed by atoms with van der Waals surface area (Å²) >= 11 is 0. The maximum Gasteiger partial charge on any atom is 0.169 e. The highest BCUT2D eigenvalue weighted by atomic mass is 19.1. The standard InChI is InChI=1S/C17H28FN3/c1-16(2,3)21-11-13-7-10-19-15(14(13)18)20-12-17(4)8-5-6-9-17/h7,10,21H,5-6,8-9,11-12H2,1-4H3,(H,19,20). The van der Waals surface area contributed by atoms with Gasteiger partial charge in [0.25, 0.3) is 0 Å². The Hall–Kier alpha value is -1.16. The fraction of sp³-hybridized carbons (Fsp3) is 0.706. The second kappa shape index (κ2) is 6.30. The number of hydrogen-bond acceptors (Lipinski definition) is 3. The number of halogens is 1. The van der Waals surface area contributed by atoms with E-state index in [4.69, 9.17) is 0 Å². The van der Waals surface area contributed by atoms with E-state index < -0.39 is 0 Å². The van der Waals surface area contributed by atoms with Gasteiger partial charge in [0.15, 0.2) is 11.6 Å². The van der Waals surface area contributed by atoms with Crippen LogP contribution in [0.15, 0.2) is 12.3 Å². The Balaban J connectivity index is 2.00. The molecular weight excluding hydrogens is 265 g/mol. The topological polar surface area (TPSA) is 37.0 Å². The van der Waals surface area contributed by atoms with E-state index in [0.717, 1.165) is 6.54 Å². The molecule has 1 aliphatic carbocycles. The molecule has 1 aromatic rings. The van der Waals surface area contributed by atoms with Gasteiger partial charge in [-0.3, -0.25) is 0 Å². The van der Waals surface area contributed by atoms with Gasteiger partial charge in [0.05, 0.1) is 0 Å². The van der Waals surface area contributed by atoms with Gasteiger partial charge in [0, 0.05) is 30.4 Å². The summed E-state index contributed by atoms with van der Waals surface area (Å²) in [4.78, 5) is 4.16. The number of pyridine rings is 1. The molecule has 1 aliphatic rings. The Morgan fingerprint density at radius 1 is 1.29 bits per heavy atom. The zero-order valence-electron chi connectivity index (χ0n) is 13.7. The molecule has 2 rings (SSSR count). The molecule has 0 amide bonds. The Morgan fingerprint density at radius 3 is 2.57 bits per heavy atom. The Kier molecular flexibility index (Phi) is 4.87. The number of rotatable bonds is 5. The normalized spacial score (nSPS) is 18.0. The molecule has 0 unspecified atom stereocenters. The molecule has 0 saturated heterocycles. The highest BCUT2D eigenvalue weighted by Crippen LogP contribution is 2.37. The summed E-state index contributed by atoms with van der Waals surface area (Å²) in [6.07, 6.45) is 6.68. The summed E-state index contributed by atoms with van der Waals surface area (Å²) in [5.41, 5.74) is 0.924. The summed E-state index contributed by atoms with van der Waals surface area (Å²) in [6, 6.07) is 1.75. The lowest BCUT2D eigenvalue weighted by molar-refractivity contribution is 0.361. The maximum absolute atomic E-state index is 14.5. The summed E-state index contributed by atoms with van der Waals surface area (Å²) in [5, 5.41) is 6.53. The Labute approximate surface area is 127 Å². The largest absolute Gasteiger partial charge is 0.367 e. The van der Waals surface area contributed by atoms with Crippen LogP contribution in [-0.2, 0) is 6.54 Å². The van der Waals surface area contributed by atoms with Crippen molar-refractivity contribution in [3.05, 3.63) is 23.6 Å². The fourth-order valence-electron chi connectivity index (χ4n) is 2.81. The quantitative estimate of drug-likeness (QED) is 0.858. The maximum atomic E-state index is 14.5. The average molecular weight is 293 g/mol. The first-order chi connectivity index (χ1) is 9.79. The first-order valence-electron chi connectivity index (χ1n) is 7.91. The zero-order valence-corrected chi connectivity index (χ0v) is 13.7. The molecule has 0 spiro atoms. The average Bonchev–Trinajstić information content (AvgIpc) is 2.82. The summed E-state index contributed by atoms with van der Waals surface area (Å²) in [6.45, 7) is 9.82. The Morgan fingerprint density at radius 2 is 1.95 bits per heavy atom. The SMILES string of the molecule is CC1(CNc2nccc(CNC(C)(C)C)c2F)CCCC1. The smallest absolute Gasteiger partial charge is 0.169 e. The molecule has 1 saturated carbocycles. The van der Waals surface area contributed by atoms with Crippen molar-refractivity contribution in [1.82, 2.24) is 10.3 Å². The van der Waals surface area contributed by atoms with Crippen molar-refractivity contribution in [1.29, 1.82) is 0 Å². The molecule has 1 heterocycles. The Bertz CT molecular complexity index is 473. The third kappa shape index (κ3) is 4.67. The van der Waals surface area contributed by atoms with Gasteiger partial charge in [-0.1, -0.05) is 19.8 Å². The third-order valence-electron chi connectivity index (χ3n) is 4.27. The number of nitrogens with one attached hydrogen (secondary N) is 2. The highest BCUT2D eigenvalue weighted by molar-refractivity contribution is 5.40. The molecule has 0 radical (unpaired) electrons. The number of anilines is 1. The molecule has 0 aliphatic heterocycles. The van der Waals surface area contributed by atoms with Crippen LogP contribution in [0.2, 0.25) is 0 Å². The lowest BCUT2D eigenvalue weighted by Gasteiger charge is -2.24. The second-order valence-electron chi connectivity index (χ2n) is 7.61. The van der Waals surface area contributed by atoms with Crippen molar-refractivity contribution in [2.24, 2.45) is 5.41 Å². The molecule has 1 fully saturated rings. The molecule has 0 atom stereocenters. The second-order valence-corrected chi connectivity index (χ2v) is 7.61. The van der Waals surface area contributed by atoms with E-state index >= 15 is 0 Å². The first kappa shape index (κ1) is 16.2. The first-order valence-corrected chi connectivity index (χ1v) is 7.91. The molecule has 4 heteroatoms. The molecule has 0 aromatic carbocycles. The van der Waals surface area contributed by atoms with Crippen LogP contribution in [-0.4, -0.2) is 17.1 Å². The van der Waals surface area contributed by atoms with Crippen LogP contribution in [0, 0.1) is 11.2 Å². The van der Waals surface area contributed by atoms with Crippen molar-refractivity contribution in [3.8, 4) is 0 Å². The van der Waals surface area contributed by atoms with E-state index in [-0.39, 0.29) is 16.8 Å². The minimum Gasteiger partial charge on any atom is -0.367 e. The zero-order chi connectivity index (χ0) is 15.5. The minimum atomic E-state index is -0.226. The van der Waals surface area contributed by atoms with Crippen LogP contribution >= 0.6 is 0 Å². The molecule has 0 bridgehead atoms. The van der Waals surface area contributed by atoms with Crippen molar-refractivity contribution in [2.75, 3.05) is 11.9 Å². The van der Waals surface area contributed by atoms with E-state index in [9.17, 15) is 4.39 Å². The summed E-state index contributed by atoms with van der Waals surface area (Å²) < 4.78 is 14.5. The predicted octanol–water partition coefficient (Wildman–Crippen LogP) is 4.10. The van der Waals surface area contributed by atoms with Crippen LogP contribution in [0.25, 0.3) is 0 Å². The van der Waals surface area contributed by atoms with Crippen molar-refractivity contribution in [3.63, 3.8) is 0 Å². The monoisotopic (exact) mass is 293 g/mol. The van der Waals surface area contributed by atoms with E-state index in [2.05, 4.69) is 43.3 Å².